The van der Waals surface area contributed by atoms with Crippen molar-refractivity contribution in [3.63, 3.8) is 0 Å². The summed E-state index contributed by atoms with van der Waals surface area (Å²) in [5.41, 5.74) is 6.91. The van der Waals surface area contributed by atoms with Crippen molar-refractivity contribution in [2.24, 2.45) is 5.73 Å². The van der Waals surface area contributed by atoms with Crippen molar-refractivity contribution >= 4 is 22.6 Å². The van der Waals surface area contributed by atoms with Gasteiger partial charge < -0.3 is 29.6 Å². The second-order valence-corrected chi connectivity index (χ2v) is 7.60. The number of piperazine rings is 1. The van der Waals surface area contributed by atoms with Gasteiger partial charge in [0.1, 0.15) is 29.8 Å². The number of β-amino-alcohol motifs (C(OH)–C–C–N with tert-alkyl or cyclic N) is 1. The highest BCUT2D eigenvalue weighted by molar-refractivity contribution is 5.95. The fraction of sp³-hybridized carbons (Fsp3) is 0.348. The van der Waals surface area contributed by atoms with E-state index in [4.69, 9.17) is 19.6 Å². The molecular weight excluding hydrogens is 398 g/mol. The topological polar surface area (TPSA) is 101 Å². The molecule has 1 atom stereocenters. The minimum atomic E-state index is -0.612. The maximum absolute atomic E-state index is 11.2. The predicted molar refractivity (Wildman–Crippen MR) is 118 cm³/mol. The smallest absolute Gasteiger partial charge is 0.284 e. The molecule has 2 aromatic carbocycles. The van der Waals surface area contributed by atoms with E-state index in [9.17, 15) is 9.90 Å². The molecule has 8 heteroatoms. The molecule has 0 radical (unpaired) electrons. The Hall–Kier alpha value is -3.23. The second kappa shape index (κ2) is 9.28. The van der Waals surface area contributed by atoms with Gasteiger partial charge in [-0.1, -0.05) is 12.1 Å². The molecule has 1 aromatic heterocycles. The van der Waals surface area contributed by atoms with Crippen molar-refractivity contribution in [2.45, 2.75) is 6.10 Å². The second-order valence-electron chi connectivity index (χ2n) is 7.60. The van der Waals surface area contributed by atoms with E-state index in [0.29, 0.717) is 17.9 Å². The number of fused-ring (bicyclic) bond motifs is 1. The molecule has 0 spiro atoms. The molecule has 0 bridgehead atoms. The lowest BCUT2D eigenvalue weighted by Gasteiger charge is -2.37. The summed E-state index contributed by atoms with van der Waals surface area (Å²) in [4.78, 5) is 15.8. The van der Waals surface area contributed by atoms with E-state index in [1.54, 1.807) is 31.4 Å². The van der Waals surface area contributed by atoms with Crippen LogP contribution in [0.25, 0.3) is 11.0 Å². The van der Waals surface area contributed by atoms with E-state index in [1.165, 1.54) is 0 Å². The Morgan fingerprint density at radius 1 is 1.16 bits per heavy atom. The zero-order valence-electron chi connectivity index (χ0n) is 17.5. The molecule has 1 unspecified atom stereocenters. The van der Waals surface area contributed by atoms with Gasteiger partial charge in [0.15, 0.2) is 5.76 Å². The molecule has 3 N–H and O–H groups in total. The van der Waals surface area contributed by atoms with Gasteiger partial charge in [-0.2, -0.15) is 0 Å². The number of aliphatic hydroxyl groups excluding tert-OH is 1. The van der Waals surface area contributed by atoms with Crippen molar-refractivity contribution in [2.75, 3.05) is 51.3 Å². The standard InChI is InChI=1S/C23H27N3O5/c1-29-21-5-3-2-4-19(21)26-10-8-25(9-11-26)14-17(27)15-30-18-6-7-20-16(12-18)13-22(31-20)23(24)28/h2-7,12-13,17,27H,8-11,14-15H2,1H3,(H2,24,28). The van der Waals surface area contributed by atoms with Gasteiger partial charge in [0.25, 0.3) is 5.91 Å². The van der Waals surface area contributed by atoms with Crippen LogP contribution in [-0.4, -0.2) is 68.5 Å². The normalized spacial score (nSPS) is 15.7. The third kappa shape index (κ3) is 4.92. The van der Waals surface area contributed by atoms with E-state index in [2.05, 4.69) is 15.9 Å². The van der Waals surface area contributed by atoms with Gasteiger partial charge in [-0.05, 0) is 36.4 Å². The number of carbonyl (C=O) groups excluding carboxylic acids is 1. The highest BCUT2D eigenvalue weighted by atomic mass is 16.5. The van der Waals surface area contributed by atoms with Crippen molar-refractivity contribution in [3.8, 4) is 11.5 Å². The number of hydrogen-bond donors (Lipinski definition) is 2. The molecule has 8 nitrogen and oxygen atoms in total. The molecule has 0 saturated carbocycles. The number of aliphatic hydroxyl groups is 1. The minimum absolute atomic E-state index is 0.111. The van der Waals surface area contributed by atoms with Gasteiger partial charge >= 0.3 is 0 Å². The van der Waals surface area contributed by atoms with Crippen LogP contribution < -0.4 is 20.1 Å². The Balaban J connectivity index is 1.26. The molecule has 0 aliphatic carbocycles. The molecule has 31 heavy (non-hydrogen) atoms. The molecule has 4 rings (SSSR count). The summed E-state index contributed by atoms with van der Waals surface area (Å²) in [6.45, 7) is 4.16. The summed E-state index contributed by atoms with van der Waals surface area (Å²) in [6, 6.07) is 14.8. The van der Waals surface area contributed by atoms with E-state index in [1.807, 2.05) is 18.2 Å². The summed E-state index contributed by atoms with van der Waals surface area (Å²) in [5.74, 6) is 0.977. The van der Waals surface area contributed by atoms with Crippen molar-refractivity contribution < 1.29 is 23.8 Å². The first-order valence-corrected chi connectivity index (χ1v) is 10.3. The largest absolute Gasteiger partial charge is 0.495 e. The quantitative estimate of drug-likeness (QED) is 0.570. The number of methoxy groups -OCH3 is 1. The number of amides is 1. The zero-order chi connectivity index (χ0) is 21.8. The van der Waals surface area contributed by atoms with Crippen LogP contribution in [-0.2, 0) is 0 Å². The number of hydrogen-bond acceptors (Lipinski definition) is 7. The maximum Gasteiger partial charge on any atom is 0.284 e. The zero-order valence-corrected chi connectivity index (χ0v) is 17.5. The summed E-state index contributed by atoms with van der Waals surface area (Å²) in [7, 11) is 1.69. The molecule has 1 aliphatic heterocycles. The Morgan fingerprint density at radius 2 is 1.94 bits per heavy atom. The number of rotatable bonds is 8. The first-order chi connectivity index (χ1) is 15.0. The average molecular weight is 425 g/mol. The number of benzene rings is 2. The van der Waals surface area contributed by atoms with Crippen molar-refractivity contribution in [1.29, 1.82) is 0 Å². The fourth-order valence-electron chi connectivity index (χ4n) is 3.84. The van der Waals surface area contributed by atoms with E-state index in [-0.39, 0.29) is 12.4 Å². The van der Waals surface area contributed by atoms with Crippen LogP contribution in [0.5, 0.6) is 11.5 Å². The molecule has 1 fully saturated rings. The lowest BCUT2D eigenvalue weighted by atomic mass is 10.2. The summed E-state index contributed by atoms with van der Waals surface area (Å²) >= 11 is 0. The molecule has 1 amide bonds. The first kappa shape index (κ1) is 21.0. The summed E-state index contributed by atoms with van der Waals surface area (Å²) in [5, 5.41) is 11.2. The highest BCUT2D eigenvalue weighted by Gasteiger charge is 2.21. The first-order valence-electron chi connectivity index (χ1n) is 10.3. The van der Waals surface area contributed by atoms with Crippen LogP contribution in [0.15, 0.2) is 52.9 Å². The van der Waals surface area contributed by atoms with Crippen LogP contribution in [0, 0.1) is 0 Å². The van der Waals surface area contributed by atoms with Gasteiger partial charge in [0.2, 0.25) is 0 Å². The fourth-order valence-corrected chi connectivity index (χ4v) is 3.84. The van der Waals surface area contributed by atoms with E-state index in [0.717, 1.165) is 43.0 Å². The molecule has 3 aromatic rings. The van der Waals surface area contributed by atoms with Gasteiger partial charge in [-0.15, -0.1) is 0 Å². The number of primary amides is 1. The minimum Gasteiger partial charge on any atom is -0.495 e. The van der Waals surface area contributed by atoms with Crippen LogP contribution in [0.3, 0.4) is 0 Å². The monoisotopic (exact) mass is 425 g/mol. The van der Waals surface area contributed by atoms with Gasteiger partial charge in [0.05, 0.1) is 12.8 Å². The number of carbonyl (C=O) groups is 1. The predicted octanol–water partition coefficient (Wildman–Crippen LogP) is 2.10. The lowest BCUT2D eigenvalue weighted by molar-refractivity contribution is 0.0663. The average Bonchev–Trinajstić information content (AvgIpc) is 3.22. The van der Waals surface area contributed by atoms with E-state index < -0.39 is 12.0 Å². The van der Waals surface area contributed by atoms with Crippen molar-refractivity contribution in [1.82, 2.24) is 4.90 Å². The molecule has 1 aliphatic rings. The molecule has 164 valence electrons. The number of nitrogens with two attached hydrogens (primary N) is 1. The summed E-state index contributed by atoms with van der Waals surface area (Å²) in [6.07, 6.45) is -0.612. The van der Waals surface area contributed by atoms with Crippen LogP contribution in [0.2, 0.25) is 0 Å². The van der Waals surface area contributed by atoms with E-state index >= 15 is 0 Å². The Bertz CT molecular complexity index is 1040. The SMILES string of the molecule is COc1ccccc1N1CCN(CC(O)COc2ccc3oc(C(N)=O)cc3c2)CC1. The molecular formula is C23H27N3O5. The number of nitrogens with zero attached hydrogens (tertiary/aromatic N) is 2. The van der Waals surface area contributed by atoms with Gasteiger partial charge in [-0.25, -0.2) is 0 Å². The maximum atomic E-state index is 11.2. The Kier molecular flexibility index (Phi) is 6.29. The lowest BCUT2D eigenvalue weighted by Crippen LogP contribution is -2.49. The Morgan fingerprint density at radius 3 is 2.68 bits per heavy atom. The van der Waals surface area contributed by atoms with Gasteiger partial charge in [0, 0.05) is 38.1 Å². The number of anilines is 1. The number of furan rings is 1. The number of para-hydroxylation sites is 2. The number of ether oxygens (including phenoxy) is 2. The third-order valence-corrected chi connectivity index (χ3v) is 5.44. The third-order valence-electron chi connectivity index (χ3n) is 5.44. The highest BCUT2D eigenvalue weighted by Crippen LogP contribution is 2.28. The molecule has 1 saturated heterocycles. The van der Waals surface area contributed by atoms with Gasteiger partial charge in [-0.3, -0.25) is 9.69 Å². The van der Waals surface area contributed by atoms with Crippen LogP contribution in [0.4, 0.5) is 5.69 Å². The Labute approximate surface area is 180 Å². The molecule has 2 heterocycles. The van der Waals surface area contributed by atoms with Crippen LogP contribution >= 0.6 is 0 Å². The van der Waals surface area contributed by atoms with Crippen molar-refractivity contribution in [3.05, 3.63) is 54.3 Å². The summed E-state index contributed by atoms with van der Waals surface area (Å²) < 4.78 is 16.6. The van der Waals surface area contributed by atoms with Crippen LogP contribution in [0.1, 0.15) is 10.6 Å².